The van der Waals surface area contributed by atoms with Gasteiger partial charge in [-0.15, -0.1) is 11.3 Å². The summed E-state index contributed by atoms with van der Waals surface area (Å²) in [7, 11) is 1.65. The second kappa shape index (κ2) is 10.7. The number of ether oxygens (including phenoxy) is 1. The number of carbonyl (C=O) groups is 1. The number of benzene rings is 2. The summed E-state index contributed by atoms with van der Waals surface area (Å²) in [5.74, 6) is 0.849. The molecule has 0 unspecified atom stereocenters. The molecule has 168 valence electrons. The maximum Gasteiger partial charge on any atom is 0.224 e. The van der Waals surface area contributed by atoms with Gasteiger partial charge in [0.05, 0.1) is 19.6 Å². The molecule has 1 fully saturated rings. The Hall–Kier alpha value is -2.83. The van der Waals surface area contributed by atoms with Crippen molar-refractivity contribution in [2.45, 2.75) is 25.4 Å². The zero-order chi connectivity index (χ0) is 22.3. The number of nitrogens with zero attached hydrogens (tertiary/aromatic N) is 2. The molecule has 0 bridgehead atoms. The van der Waals surface area contributed by atoms with Crippen molar-refractivity contribution >= 4 is 22.9 Å². The number of rotatable bonds is 8. The Morgan fingerprint density at radius 3 is 2.34 bits per heavy atom. The highest BCUT2D eigenvalue weighted by molar-refractivity contribution is 7.10. The molecule has 0 radical (unpaired) electrons. The summed E-state index contributed by atoms with van der Waals surface area (Å²) in [4.78, 5) is 19.1. The third-order valence-electron chi connectivity index (χ3n) is 6.05. The quantitative estimate of drug-likeness (QED) is 0.555. The molecule has 1 saturated heterocycles. The monoisotopic (exact) mass is 449 g/mol. The van der Waals surface area contributed by atoms with Crippen LogP contribution in [0.1, 0.15) is 23.4 Å². The molecule has 1 aliphatic rings. The maximum atomic E-state index is 12.8. The van der Waals surface area contributed by atoms with E-state index in [4.69, 9.17) is 4.74 Å². The van der Waals surface area contributed by atoms with Crippen molar-refractivity contribution in [3.05, 3.63) is 82.6 Å². The van der Waals surface area contributed by atoms with Crippen LogP contribution in [0.2, 0.25) is 0 Å². The van der Waals surface area contributed by atoms with Crippen LogP contribution in [0, 0.1) is 0 Å². The van der Waals surface area contributed by atoms with E-state index >= 15 is 0 Å². The first-order valence-corrected chi connectivity index (χ1v) is 12.0. The van der Waals surface area contributed by atoms with Crippen molar-refractivity contribution in [2.75, 3.05) is 38.2 Å². The highest BCUT2D eigenvalue weighted by Gasteiger charge is 2.30. The number of hydrogen-bond acceptors (Lipinski definition) is 5. The molecular formula is C26H31N3O2S. The van der Waals surface area contributed by atoms with Crippen molar-refractivity contribution in [1.82, 2.24) is 10.2 Å². The number of hydrogen-bond donors (Lipinski definition) is 1. The molecular weight excluding hydrogens is 418 g/mol. The summed E-state index contributed by atoms with van der Waals surface area (Å²) in [6, 6.07) is 22.8. The normalized spacial score (nSPS) is 16.4. The predicted molar refractivity (Wildman–Crippen MR) is 132 cm³/mol. The highest BCUT2D eigenvalue weighted by atomic mass is 32.1. The van der Waals surface area contributed by atoms with Gasteiger partial charge in [-0.25, -0.2) is 0 Å². The predicted octanol–water partition coefficient (Wildman–Crippen LogP) is 4.37. The molecule has 6 heteroatoms. The summed E-state index contributed by atoms with van der Waals surface area (Å²) in [6.07, 6.45) is 0.368. The molecule has 2 heterocycles. The van der Waals surface area contributed by atoms with Crippen LogP contribution in [0.15, 0.2) is 72.1 Å². The Balaban J connectivity index is 1.40. The van der Waals surface area contributed by atoms with Gasteiger partial charge in [0.15, 0.2) is 0 Å². The highest BCUT2D eigenvalue weighted by Crippen LogP contribution is 2.30. The van der Waals surface area contributed by atoms with Gasteiger partial charge < -0.3 is 15.0 Å². The first kappa shape index (κ1) is 22.4. The number of anilines is 1. The molecule has 0 aliphatic carbocycles. The van der Waals surface area contributed by atoms with Gasteiger partial charge in [-0.1, -0.05) is 36.4 Å². The Labute approximate surface area is 194 Å². The number of piperazine rings is 1. The second-order valence-electron chi connectivity index (χ2n) is 8.20. The minimum absolute atomic E-state index is 0.0164. The van der Waals surface area contributed by atoms with Crippen molar-refractivity contribution in [1.29, 1.82) is 0 Å². The first-order chi connectivity index (χ1) is 15.6. The van der Waals surface area contributed by atoms with E-state index in [-0.39, 0.29) is 18.0 Å². The van der Waals surface area contributed by atoms with E-state index in [1.807, 2.05) is 24.3 Å². The minimum atomic E-state index is 0.0164. The summed E-state index contributed by atoms with van der Waals surface area (Å²) in [5, 5.41) is 5.39. The van der Waals surface area contributed by atoms with Gasteiger partial charge in [0.1, 0.15) is 5.75 Å². The van der Waals surface area contributed by atoms with Crippen LogP contribution in [-0.2, 0) is 11.2 Å². The lowest BCUT2D eigenvalue weighted by molar-refractivity contribution is -0.121. The van der Waals surface area contributed by atoms with Gasteiger partial charge in [-0.2, -0.15) is 0 Å². The second-order valence-corrected chi connectivity index (χ2v) is 9.18. The van der Waals surface area contributed by atoms with Crippen LogP contribution in [-0.4, -0.2) is 50.1 Å². The van der Waals surface area contributed by atoms with Gasteiger partial charge in [0.2, 0.25) is 5.91 Å². The van der Waals surface area contributed by atoms with Crippen LogP contribution in [0.5, 0.6) is 5.75 Å². The number of amides is 1. The van der Waals surface area contributed by atoms with E-state index in [2.05, 4.69) is 69.9 Å². The average Bonchev–Trinajstić information content (AvgIpc) is 3.35. The van der Waals surface area contributed by atoms with Crippen molar-refractivity contribution < 1.29 is 9.53 Å². The fourth-order valence-corrected chi connectivity index (χ4v) is 5.38. The zero-order valence-corrected chi connectivity index (χ0v) is 19.6. The van der Waals surface area contributed by atoms with Crippen LogP contribution in [0.25, 0.3) is 0 Å². The molecule has 2 aromatic carbocycles. The lowest BCUT2D eigenvalue weighted by atomic mass is 10.0. The summed E-state index contributed by atoms with van der Waals surface area (Å²) < 4.78 is 5.21. The molecule has 1 aromatic heterocycles. The first-order valence-electron chi connectivity index (χ1n) is 11.1. The van der Waals surface area contributed by atoms with Gasteiger partial charge in [-0.05, 0) is 48.2 Å². The van der Waals surface area contributed by atoms with Gasteiger partial charge >= 0.3 is 0 Å². The van der Waals surface area contributed by atoms with Crippen molar-refractivity contribution in [3.63, 3.8) is 0 Å². The summed E-state index contributed by atoms with van der Waals surface area (Å²) in [6.45, 7) is 6.03. The largest absolute Gasteiger partial charge is 0.497 e. The Morgan fingerprint density at radius 1 is 1.00 bits per heavy atom. The smallest absolute Gasteiger partial charge is 0.224 e. The van der Waals surface area contributed by atoms with Gasteiger partial charge in [0, 0.05) is 42.8 Å². The van der Waals surface area contributed by atoms with Crippen LogP contribution >= 0.6 is 11.3 Å². The van der Waals surface area contributed by atoms with Crippen molar-refractivity contribution in [2.24, 2.45) is 0 Å². The topological polar surface area (TPSA) is 44.8 Å². The number of carbonyl (C=O) groups excluding carboxylic acids is 1. The molecule has 5 nitrogen and oxygen atoms in total. The van der Waals surface area contributed by atoms with E-state index in [1.165, 1.54) is 10.6 Å². The third-order valence-corrected chi connectivity index (χ3v) is 6.99. The maximum absolute atomic E-state index is 12.8. The van der Waals surface area contributed by atoms with E-state index in [0.29, 0.717) is 6.42 Å². The van der Waals surface area contributed by atoms with Gasteiger partial charge in [-0.3, -0.25) is 9.69 Å². The average molecular weight is 450 g/mol. The molecule has 2 atom stereocenters. The van der Waals surface area contributed by atoms with Gasteiger partial charge in [0.25, 0.3) is 0 Å². The molecule has 4 rings (SSSR count). The number of thiophene rings is 1. The third kappa shape index (κ3) is 5.50. The number of nitrogens with one attached hydrogen (secondary N) is 1. The fraction of sp³-hybridized carbons (Fsp3) is 0.346. The van der Waals surface area contributed by atoms with E-state index in [1.54, 1.807) is 18.4 Å². The SMILES string of the molecule is COc1ccc(CC(=O)N[C@H](C)[C@@H](c2cccs2)N2CCN(c3ccccc3)CC2)cc1. The molecule has 1 amide bonds. The lowest BCUT2D eigenvalue weighted by Crippen LogP contribution is -2.52. The molecule has 3 aromatic rings. The van der Waals surface area contributed by atoms with E-state index < -0.39 is 0 Å². The Bertz CT molecular complexity index is 968. The Morgan fingerprint density at radius 2 is 1.72 bits per heavy atom. The molecule has 0 spiro atoms. The minimum Gasteiger partial charge on any atom is -0.497 e. The van der Waals surface area contributed by atoms with E-state index in [0.717, 1.165) is 37.5 Å². The summed E-state index contributed by atoms with van der Waals surface area (Å²) in [5.41, 5.74) is 2.26. The van der Waals surface area contributed by atoms with Crippen molar-refractivity contribution in [3.8, 4) is 5.75 Å². The number of methoxy groups -OCH3 is 1. The molecule has 0 saturated carbocycles. The Kier molecular flexibility index (Phi) is 7.45. The zero-order valence-electron chi connectivity index (χ0n) is 18.7. The van der Waals surface area contributed by atoms with E-state index in [9.17, 15) is 4.79 Å². The standard InChI is InChI=1S/C26H31N3O2S/c1-20(27-25(30)19-21-10-12-23(31-2)13-11-21)26(24-9-6-18-32-24)29-16-14-28(15-17-29)22-7-4-3-5-8-22/h3-13,18,20,26H,14-17,19H2,1-2H3,(H,27,30)/t20-,26+/m1/s1. The molecule has 32 heavy (non-hydrogen) atoms. The lowest BCUT2D eigenvalue weighted by Gasteiger charge is -2.42. The number of para-hydroxylation sites is 1. The van der Waals surface area contributed by atoms with Crippen LogP contribution in [0.4, 0.5) is 5.69 Å². The van der Waals surface area contributed by atoms with Crippen LogP contribution < -0.4 is 15.0 Å². The molecule has 1 aliphatic heterocycles. The van der Waals surface area contributed by atoms with Crippen LogP contribution in [0.3, 0.4) is 0 Å². The fourth-order valence-electron chi connectivity index (χ4n) is 4.41. The summed E-state index contributed by atoms with van der Waals surface area (Å²) >= 11 is 1.76. The molecule has 1 N–H and O–H groups in total.